The van der Waals surface area contributed by atoms with Crippen LogP contribution < -0.4 is 5.73 Å². The summed E-state index contributed by atoms with van der Waals surface area (Å²) < 4.78 is 24.4. The number of rotatable bonds is 4. The molecule has 0 saturated heterocycles. The average molecular weight is 302 g/mol. The summed E-state index contributed by atoms with van der Waals surface area (Å²) in [6.07, 6.45) is 4.83. The van der Waals surface area contributed by atoms with Crippen molar-refractivity contribution in [3.8, 4) is 11.1 Å². The van der Waals surface area contributed by atoms with Gasteiger partial charge < -0.3 is 5.73 Å². The summed E-state index contributed by atoms with van der Waals surface area (Å²) in [4.78, 5) is 0.320. The van der Waals surface area contributed by atoms with E-state index in [1.54, 1.807) is 35.1 Å². The molecule has 0 amide bonds. The van der Waals surface area contributed by atoms with Crippen LogP contribution in [0.1, 0.15) is 0 Å². The highest BCUT2D eigenvalue weighted by atomic mass is 35.5. The maximum atomic E-state index is 11.3. The highest BCUT2D eigenvalue weighted by Crippen LogP contribution is 2.20. The summed E-state index contributed by atoms with van der Waals surface area (Å²) in [5.74, 6) is 0. The Morgan fingerprint density at radius 2 is 1.84 bits per heavy atom. The predicted octanol–water partition coefficient (Wildman–Crippen LogP) is 1.33. The van der Waals surface area contributed by atoms with Crippen LogP contribution in [0, 0.1) is 0 Å². The molecule has 1 heterocycles. The van der Waals surface area contributed by atoms with Gasteiger partial charge in [-0.2, -0.15) is 5.10 Å². The fourth-order valence-corrected chi connectivity index (χ4v) is 2.29. The minimum atomic E-state index is -3.14. The van der Waals surface area contributed by atoms with Crippen molar-refractivity contribution in [2.75, 3.05) is 12.8 Å². The van der Waals surface area contributed by atoms with Crippen molar-refractivity contribution in [2.24, 2.45) is 5.73 Å². The monoisotopic (exact) mass is 301 g/mol. The zero-order valence-corrected chi connectivity index (χ0v) is 12.1. The Bertz CT molecular complexity index is 635. The van der Waals surface area contributed by atoms with Crippen LogP contribution in [0.2, 0.25) is 0 Å². The van der Waals surface area contributed by atoms with Gasteiger partial charge in [0.15, 0.2) is 9.84 Å². The van der Waals surface area contributed by atoms with Crippen molar-refractivity contribution in [1.29, 1.82) is 0 Å². The Morgan fingerprint density at radius 3 is 2.37 bits per heavy atom. The topological polar surface area (TPSA) is 78.0 Å². The van der Waals surface area contributed by atoms with Gasteiger partial charge in [-0.25, -0.2) is 8.42 Å². The van der Waals surface area contributed by atoms with Crippen LogP contribution in [0.15, 0.2) is 41.6 Å². The summed E-state index contributed by atoms with van der Waals surface area (Å²) in [7, 11) is -3.14. The number of sulfone groups is 1. The Morgan fingerprint density at radius 1 is 1.21 bits per heavy atom. The Balaban J connectivity index is 0.00000180. The SMILES string of the molecule is CS(=O)(=O)c1ccc(-c2cnn(CCN)c2)cc1.Cl. The molecule has 0 unspecified atom stereocenters. The van der Waals surface area contributed by atoms with E-state index < -0.39 is 9.84 Å². The van der Waals surface area contributed by atoms with E-state index in [4.69, 9.17) is 5.73 Å². The molecule has 0 radical (unpaired) electrons. The van der Waals surface area contributed by atoms with E-state index in [9.17, 15) is 8.42 Å². The molecule has 0 saturated carbocycles. The summed E-state index contributed by atoms with van der Waals surface area (Å²) in [5, 5.41) is 4.17. The van der Waals surface area contributed by atoms with Gasteiger partial charge in [0, 0.05) is 24.6 Å². The lowest BCUT2D eigenvalue weighted by atomic mass is 10.1. The molecular weight excluding hydrogens is 286 g/mol. The largest absolute Gasteiger partial charge is 0.329 e. The molecule has 1 aromatic heterocycles. The van der Waals surface area contributed by atoms with E-state index in [0.717, 1.165) is 11.1 Å². The lowest BCUT2D eigenvalue weighted by Crippen LogP contribution is -2.09. The average Bonchev–Trinajstić information content (AvgIpc) is 2.77. The van der Waals surface area contributed by atoms with Crippen molar-refractivity contribution < 1.29 is 8.42 Å². The third-order valence-corrected chi connectivity index (χ3v) is 3.74. The molecule has 0 aliphatic heterocycles. The maximum absolute atomic E-state index is 11.3. The second-order valence-corrected chi connectivity index (χ2v) is 6.09. The van der Waals surface area contributed by atoms with Crippen LogP contribution in [0.5, 0.6) is 0 Å². The highest BCUT2D eigenvalue weighted by Gasteiger charge is 2.07. The smallest absolute Gasteiger partial charge is 0.175 e. The van der Waals surface area contributed by atoms with Gasteiger partial charge in [0.2, 0.25) is 0 Å². The first-order chi connectivity index (χ1) is 8.50. The molecule has 0 fully saturated rings. The van der Waals surface area contributed by atoms with Crippen LogP contribution >= 0.6 is 12.4 Å². The van der Waals surface area contributed by atoms with Gasteiger partial charge in [-0.3, -0.25) is 4.68 Å². The molecule has 5 nitrogen and oxygen atoms in total. The van der Waals surface area contributed by atoms with Gasteiger partial charge in [-0.15, -0.1) is 12.4 Å². The number of hydrogen-bond acceptors (Lipinski definition) is 4. The maximum Gasteiger partial charge on any atom is 0.175 e. The quantitative estimate of drug-likeness (QED) is 0.924. The summed E-state index contributed by atoms with van der Waals surface area (Å²) in [6.45, 7) is 1.20. The van der Waals surface area contributed by atoms with Gasteiger partial charge in [-0.1, -0.05) is 12.1 Å². The number of nitrogens with two attached hydrogens (primary N) is 1. The number of benzene rings is 1. The molecule has 2 aromatic rings. The fraction of sp³-hybridized carbons (Fsp3) is 0.250. The molecule has 0 spiro atoms. The van der Waals surface area contributed by atoms with Crippen LogP contribution in [-0.2, 0) is 16.4 Å². The number of halogens is 1. The predicted molar refractivity (Wildman–Crippen MR) is 77.1 cm³/mol. The van der Waals surface area contributed by atoms with Crippen LogP contribution in [-0.4, -0.2) is 31.0 Å². The minimum Gasteiger partial charge on any atom is -0.329 e. The number of hydrogen-bond donors (Lipinski definition) is 1. The summed E-state index contributed by atoms with van der Waals surface area (Å²) in [6, 6.07) is 6.76. The highest BCUT2D eigenvalue weighted by molar-refractivity contribution is 7.90. The lowest BCUT2D eigenvalue weighted by Gasteiger charge is -2.00. The zero-order valence-electron chi connectivity index (χ0n) is 10.5. The van der Waals surface area contributed by atoms with E-state index in [1.165, 1.54) is 6.26 Å². The lowest BCUT2D eigenvalue weighted by molar-refractivity contribution is 0.602. The Labute approximate surface area is 118 Å². The van der Waals surface area contributed by atoms with Gasteiger partial charge >= 0.3 is 0 Å². The van der Waals surface area contributed by atoms with Crippen molar-refractivity contribution in [2.45, 2.75) is 11.4 Å². The van der Waals surface area contributed by atoms with E-state index in [-0.39, 0.29) is 12.4 Å². The molecule has 1 aromatic carbocycles. The first kappa shape index (κ1) is 15.7. The Hall–Kier alpha value is -1.37. The molecule has 2 N–H and O–H groups in total. The third-order valence-electron chi connectivity index (χ3n) is 2.61. The van der Waals surface area contributed by atoms with Crippen LogP contribution in [0.4, 0.5) is 0 Å². The molecule has 0 atom stereocenters. The summed E-state index contributed by atoms with van der Waals surface area (Å²) in [5.41, 5.74) is 7.33. The minimum absolute atomic E-state index is 0. The second kappa shape index (κ2) is 6.18. The molecule has 0 aliphatic carbocycles. The number of nitrogens with zero attached hydrogens (tertiary/aromatic N) is 2. The number of aromatic nitrogens is 2. The van der Waals surface area contributed by atoms with E-state index in [2.05, 4.69) is 5.10 Å². The molecule has 104 valence electrons. The summed E-state index contributed by atoms with van der Waals surface area (Å²) >= 11 is 0. The van der Waals surface area contributed by atoms with Crippen LogP contribution in [0.25, 0.3) is 11.1 Å². The normalized spacial score (nSPS) is 11.1. The molecule has 19 heavy (non-hydrogen) atoms. The Kier molecular flexibility index (Phi) is 5.11. The molecule has 0 aliphatic rings. The van der Waals surface area contributed by atoms with Crippen LogP contribution in [0.3, 0.4) is 0 Å². The van der Waals surface area contributed by atoms with Crippen molar-refractivity contribution in [3.05, 3.63) is 36.7 Å². The van der Waals surface area contributed by atoms with Crippen molar-refractivity contribution in [3.63, 3.8) is 0 Å². The van der Waals surface area contributed by atoms with E-state index in [0.29, 0.717) is 18.0 Å². The fourth-order valence-electron chi connectivity index (χ4n) is 1.66. The van der Waals surface area contributed by atoms with Gasteiger partial charge in [-0.05, 0) is 17.7 Å². The first-order valence-electron chi connectivity index (χ1n) is 5.54. The first-order valence-corrected chi connectivity index (χ1v) is 7.43. The van der Waals surface area contributed by atoms with Gasteiger partial charge in [0.1, 0.15) is 0 Å². The van der Waals surface area contributed by atoms with E-state index in [1.807, 2.05) is 6.20 Å². The molecule has 7 heteroatoms. The molecular formula is C12H16ClN3O2S. The molecule has 0 bridgehead atoms. The van der Waals surface area contributed by atoms with E-state index >= 15 is 0 Å². The molecule has 2 rings (SSSR count). The third kappa shape index (κ3) is 3.79. The van der Waals surface area contributed by atoms with Crippen molar-refractivity contribution in [1.82, 2.24) is 9.78 Å². The van der Waals surface area contributed by atoms with Gasteiger partial charge in [0.05, 0.1) is 17.6 Å². The second-order valence-electron chi connectivity index (χ2n) is 4.08. The standard InChI is InChI=1S/C12H15N3O2S.ClH/c1-18(16,17)12-4-2-10(3-5-12)11-8-14-15(9-11)7-6-13;/h2-5,8-9H,6-7,13H2,1H3;1H. The van der Waals surface area contributed by atoms with Gasteiger partial charge in [0.25, 0.3) is 0 Å². The van der Waals surface area contributed by atoms with Crippen molar-refractivity contribution >= 4 is 22.2 Å². The zero-order chi connectivity index (χ0) is 13.2.